The van der Waals surface area contributed by atoms with Crippen LogP contribution in [0.5, 0.6) is 0 Å². The Morgan fingerprint density at radius 1 is 1.32 bits per heavy atom. The molecule has 0 spiro atoms. The molecule has 8 heteroatoms. The number of hydrazone groups is 1. The summed E-state index contributed by atoms with van der Waals surface area (Å²) in [5.74, 6) is -0.270. The standard InChI is InChI=1S/C14H12N6OS/c1-10-6-7-22-13(10)8-15-17-14(21)11-2-4-12(5-3-11)20-9-16-18-19-20/h2-9H,1H3,(H,17,21)/b15-8+. The van der Waals surface area contributed by atoms with Crippen LogP contribution >= 0.6 is 11.3 Å². The van der Waals surface area contributed by atoms with Crippen molar-refractivity contribution >= 4 is 23.5 Å². The highest BCUT2D eigenvalue weighted by molar-refractivity contribution is 7.11. The third kappa shape index (κ3) is 3.07. The average molecular weight is 312 g/mol. The summed E-state index contributed by atoms with van der Waals surface area (Å²) in [6, 6.07) is 8.92. The van der Waals surface area contributed by atoms with E-state index in [1.807, 2.05) is 18.4 Å². The van der Waals surface area contributed by atoms with Gasteiger partial charge in [0.1, 0.15) is 6.33 Å². The lowest BCUT2D eigenvalue weighted by molar-refractivity contribution is 0.0955. The number of amides is 1. The van der Waals surface area contributed by atoms with Crippen LogP contribution in [-0.2, 0) is 0 Å². The van der Waals surface area contributed by atoms with Crippen molar-refractivity contribution in [3.8, 4) is 5.69 Å². The number of aromatic nitrogens is 4. The summed E-state index contributed by atoms with van der Waals surface area (Å²) < 4.78 is 1.51. The van der Waals surface area contributed by atoms with E-state index in [1.165, 1.54) is 11.0 Å². The van der Waals surface area contributed by atoms with E-state index in [-0.39, 0.29) is 5.91 Å². The zero-order valence-corrected chi connectivity index (χ0v) is 12.5. The lowest BCUT2D eigenvalue weighted by Gasteiger charge is -2.02. The Bertz CT molecular complexity index is 791. The Kier molecular flexibility index (Phi) is 4.01. The topological polar surface area (TPSA) is 85.1 Å². The first-order valence-electron chi connectivity index (χ1n) is 6.45. The first-order valence-corrected chi connectivity index (χ1v) is 7.33. The minimum absolute atomic E-state index is 0.270. The number of nitrogens with one attached hydrogen (secondary N) is 1. The summed E-state index contributed by atoms with van der Waals surface area (Å²) in [7, 11) is 0. The maximum atomic E-state index is 12.0. The molecule has 3 rings (SSSR count). The van der Waals surface area contributed by atoms with E-state index in [0.717, 1.165) is 16.1 Å². The van der Waals surface area contributed by atoms with Gasteiger partial charge < -0.3 is 0 Å². The van der Waals surface area contributed by atoms with Crippen molar-refractivity contribution in [1.29, 1.82) is 0 Å². The first-order chi connectivity index (χ1) is 10.7. The van der Waals surface area contributed by atoms with E-state index >= 15 is 0 Å². The van der Waals surface area contributed by atoms with Crippen molar-refractivity contribution in [2.75, 3.05) is 0 Å². The highest BCUT2D eigenvalue weighted by Gasteiger charge is 2.05. The average Bonchev–Trinajstić information content (AvgIpc) is 3.20. The normalized spacial score (nSPS) is 11.0. The summed E-state index contributed by atoms with van der Waals surface area (Å²) in [5.41, 5.74) is 4.93. The molecule has 0 atom stereocenters. The number of aryl methyl sites for hydroxylation is 1. The molecule has 0 unspecified atom stereocenters. The zero-order valence-electron chi connectivity index (χ0n) is 11.7. The van der Waals surface area contributed by atoms with Gasteiger partial charge in [-0.2, -0.15) is 5.10 Å². The molecule has 2 heterocycles. The molecule has 22 heavy (non-hydrogen) atoms. The molecule has 1 amide bonds. The van der Waals surface area contributed by atoms with Crippen LogP contribution in [0.25, 0.3) is 5.69 Å². The summed E-state index contributed by atoms with van der Waals surface area (Å²) in [4.78, 5) is 13.0. The number of carbonyl (C=O) groups excluding carboxylic acids is 1. The predicted molar refractivity (Wildman–Crippen MR) is 83.3 cm³/mol. The molecular formula is C14H12N6OS. The van der Waals surface area contributed by atoms with Crippen molar-refractivity contribution in [3.63, 3.8) is 0 Å². The lowest BCUT2D eigenvalue weighted by Crippen LogP contribution is -2.17. The fourth-order valence-corrected chi connectivity index (χ4v) is 2.56. The van der Waals surface area contributed by atoms with E-state index in [9.17, 15) is 4.79 Å². The Balaban J connectivity index is 1.65. The Morgan fingerprint density at radius 3 is 2.77 bits per heavy atom. The molecule has 0 bridgehead atoms. The van der Waals surface area contributed by atoms with Gasteiger partial charge in [0.25, 0.3) is 5.91 Å². The molecule has 0 fully saturated rings. The Labute approximate surface area is 130 Å². The molecule has 0 saturated carbocycles. The van der Waals surface area contributed by atoms with Crippen molar-refractivity contribution in [1.82, 2.24) is 25.6 Å². The Morgan fingerprint density at radius 2 is 2.14 bits per heavy atom. The van der Waals surface area contributed by atoms with Crippen molar-refractivity contribution in [2.45, 2.75) is 6.92 Å². The molecule has 7 nitrogen and oxygen atoms in total. The fourth-order valence-electron chi connectivity index (χ4n) is 1.78. The SMILES string of the molecule is Cc1ccsc1/C=N/NC(=O)c1ccc(-n2cnnn2)cc1. The van der Waals surface area contributed by atoms with Gasteiger partial charge in [0.05, 0.1) is 11.9 Å². The monoisotopic (exact) mass is 312 g/mol. The van der Waals surface area contributed by atoms with Crippen LogP contribution in [0.3, 0.4) is 0 Å². The highest BCUT2D eigenvalue weighted by Crippen LogP contribution is 2.12. The maximum absolute atomic E-state index is 12.0. The van der Waals surface area contributed by atoms with Crippen LogP contribution in [0.2, 0.25) is 0 Å². The number of hydrogen-bond donors (Lipinski definition) is 1. The van der Waals surface area contributed by atoms with Gasteiger partial charge in [0.2, 0.25) is 0 Å². The molecule has 110 valence electrons. The zero-order chi connectivity index (χ0) is 15.4. The van der Waals surface area contributed by atoms with Crippen LogP contribution in [-0.4, -0.2) is 32.3 Å². The summed E-state index contributed by atoms with van der Waals surface area (Å²) in [5, 5.41) is 16.9. The number of benzene rings is 1. The van der Waals surface area contributed by atoms with Crippen LogP contribution in [0.1, 0.15) is 20.8 Å². The molecule has 1 aromatic carbocycles. The number of thiophene rings is 1. The summed E-state index contributed by atoms with van der Waals surface area (Å²) in [6.45, 7) is 2.00. The number of rotatable bonds is 4. The summed E-state index contributed by atoms with van der Waals surface area (Å²) in [6.07, 6.45) is 3.14. The third-order valence-corrected chi connectivity index (χ3v) is 3.95. The molecule has 2 aromatic heterocycles. The molecule has 0 saturated heterocycles. The molecule has 0 radical (unpaired) electrons. The van der Waals surface area contributed by atoms with Crippen molar-refractivity contribution in [2.24, 2.45) is 5.10 Å². The van der Waals surface area contributed by atoms with Crippen molar-refractivity contribution < 1.29 is 4.79 Å². The van der Waals surface area contributed by atoms with Gasteiger partial charge in [0.15, 0.2) is 0 Å². The van der Waals surface area contributed by atoms with Gasteiger partial charge >= 0.3 is 0 Å². The predicted octanol–water partition coefficient (Wildman–Crippen LogP) is 1.80. The van der Waals surface area contributed by atoms with Crippen molar-refractivity contribution in [3.05, 3.63) is 58.0 Å². The third-order valence-electron chi connectivity index (χ3n) is 2.99. The molecule has 1 N–H and O–H groups in total. The van der Waals surface area contributed by atoms with E-state index in [1.54, 1.807) is 41.8 Å². The summed E-state index contributed by atoms with van der Waals surface area (Å²) >= 11 is 1.58. The number of hydrogen-bond acceptors (Lipinski definition) is 6. The van der Waals surface area contributed by atoms with Gasteiger partial charge in [0, 0.05) is 10.4 Å². The second-order valence-electron chi connectivity index (χ2n) is 4.47. The molecule has 0 aliphatic heterocycles. The van der Waals surface area contributed by atoms with Gasteiger partial charge in [-0.25, -0.2) is 10.1 Å². The molecule has 3 aromatic rings. The van der Waals surface area contributed by atoms with Crippen LogP contribution in [0.15, 0.2) is 47.1 Å². The minimum atomic E-state index is -0.270. The molecule has 0 aliphatic rings. The number of tetrazole rings is 1. The fraction of sp³-hybridized carbons (Fsp3) is 0.0714. The maximum Gasteiger partial charge on any atom is 0.271 e. The van der Waals surface area contributed by atoms with Crippen LogP contribution < -0.4 is 5.43 Å². The van der Waals surface area contributed by atoms with Crippen LogP contribution in [0.4, 0.5) is 0 Å². The quantitative estimate of drug-likeness (QED) is 0.588. The van der Waals surface area contributed by atoms with E-state index in [2.05, 4.69) is 26.1 Å². The van der Waals surface area contributed by atoms with E-state index in [4.69, 9.17) is 0 Å². The molecular weight excluding hydrogens is 300 g/mol. The smallest absolute Gasteiger partial charge is 0.267 e. The van der Waals surface area contributed by atoms with Gasteiger partial charge in [-0.1, -0.05) is 0 Å². The highest BCUT2D eigenvalue weighted by atomic mass is 32.1. The van der Waals surface area contributed by atoms with E-state index < -0.39 is 0 Å². The van der Waals surface area contributed by atoms with E-state index in [0.29, 0.717) is 5.56 Å². The Hall–Kier alpha value is -2.87. The molecule has 0 aliphatic carbocycles. The van der Waals surface area contributed by atoms with Gasteiger partial charge in [-0.3, -0.25) is 4.79 Å². The van der Waals surface area contributed by atoms with Crippen LogP contribution in [0, 0.1) is 6.92 Å². The van der Waals surface area contributed by atoms with Gasteiger partial charge in [-0.05, 0) is 58.6 Å². The second kappa shape index (κ2) is 6.27. The lowest BCUT2D eigenvalue weighted by atomic mass is 10.2. The second-order valence-corrected chi connectivity index (χ2v) is 5.42. The largest absolute Gasteiger partial charge is 0.271 e. The minimum Gasteiger partial charge on any atom is -0.267 e. The number of nitrogens with zero attached hydrogens (tertiary/aromatic N) is 5. The number of carbonyl (C=O) groups is 1. The van der Waals surface area contributed by atoms with Gasteiger partial charge in [-0.15, -0.1) is 16.4 Å². The first kappa shape index (κ1) is 14.1.